The van der Waals surface area contributed by atoms with Crippen LogP contribution in [0.15, 0.2) is 24.3 Å². The summed E-state index contributed by atoms with van der Waals surface area (Å²) in [5.41, 5.74) is 0.266. The van der Waals surface area contributed by atoms with Crippen molar-refractivity contribution in [3.05, 3.63) is 35.4 Å². The van der Waals surface area contributed by atoms with E-state index in [0.29, 0.717) is 4.90 Å². The number of carbonyl (C=O) groups is 4. The van der Waals surface area contributed by atoms with Crippen LogP contribution in [-0.2, 0) is 14.3 Å². The summed E-state index contributed by atoms with van der Waals surface area (Å²) in [5, 5.41) is 9.14. The van der Waals surface area contributed by atoms with Crippen LogP contribution < -0.4 is 0 Å². The zero-order chi connectivity index (χ0) is 14.9. The first kappa shape index (κ1) is 13.7. The van der Waals surface area contributed by atoms with Crippen molar-refractivity contribution in [2.45, 2.75) is 12.5 Å². The normalized spacial score (nSPS) is 14.9. The molecule has 104 valence electrons. The van der Waals surface area contributed by atoms with Crippen LogP contribution in [0.1, 0.15) is 27.1 Å². The lowest BCUT2D eigenvalue weighted by Crippen LogP contribution is -2.46. The maximum absolute atomic E-state index is 12.1. The van der Waals surface area contributed by atoms with Crippen molar-refractivity contribution in [3.8, 4) is 0 Å². The van der Waals surface area contributed by atoms with Gasteiger partial charge >= 0.3 is 11.9 Å². The SMILES string of the molecule is COC(=O)CC(C(=O)O)N1C(=O)c2ccccc2C1=O. The monoisotopic (exact) mass is 277 g/mol. The Bertz CT molecular complexity index is 574. The van der Waals surface area contributed by atoms with Gasteiger partial charge in [-0.15, -0.1) is 0 Å². The molecule has 0 fully saturated rings. The van der Waals surface area contributed by atoms with Crippen molar-refractivity contribution in [3.63, 3.8) is 0 Å². The summed E-state index contributed by atoms with van der Waals surface area (Å²) >= 11 is 0. The quantitative estimate of drug-likeness (QED) is 0.627. The standard InChI is InChI=1S/C13H11NO6/c1-20-10(15)6-9(13(18)19)14-11(16)7-4-2-3-5-8(7)12(14)17/h2-5,9H,6H2,1H3,(H,18,19). The molecular weight excluding hydrogens is 266 g/mol. The molecule has 0 radical (unpaired) electrons. The second kappa shape index (κ2) is 5.12. The number of carbonyl (C=O) groups excluding carboxylic acids is 3. The van der Waals surface area contributed by atoms with Crippen LogP contribution in [0.25, 0.3) is 0 Å². The zero-order valence-corrected chi connectivity index (χ0v) is 10.5. The van der Waals surface area contributed by atoms with Gasteiger partial charge in [0.1, 0.15) is 6.04 Å². The maximum atomic E-state index is 12.1. The second-order valence-electron chi connectivity index (χ2n) is 4.16. The fourth-order valence-electron chi connectivity index (χ4n) is 2.02. The average molecular weight is 277 g/mol. The number of methoxy groups -OCH3 is 1. The minimum Gasteiger partial charge on any atom is -0.480 e. The number of nitrogens with zero attached hydrogens (tertiary/aromatic N) is 1. The van der Waals surface area contributed by atoms with E-state index in [9.17, 15) is 19.2 Å². The van der Waals surface area contributed by atoms with Gasteiger partial charge in [0, 0.05) is 0 Å². The van der Waals surface area contributed by atoms with Gasteiger partial charge in [-0.25, -0.2) is 4.79 Å². The molecule has 1 unspecified atom stereocenters. The second-order valence-corrected chi connectivity index (χ2v) is 4.16. The molecule has 0 spiro atoms. The highest BCUT2D eigenvalue weighted by molar-refractivity contribution is 6.22. The molecule has 0 aliphatic carbocycles. The first-order valence-corrected chi connectivity index (χ1v) is 5.74. The number of carboxylic acids is 1. The minimum absolute atomic E-state index is 0.133. The minimum atomic E-state index is -1.57. The summed E-state index contributed by atoms with van der Waals surface area (Å²) in [6.45, 7) is 0. The fourth-order valence-corrected chi connectivity index (χ4v) is 2.02. The lowest BCUT2D eigenvalue weighted by Gasteiger charge is -2.21. The van der Waals surface area contributed by atoms with Crippen LogP contribution in [0.5, 0.6) is 0 Å². The molecule has 1 aliphatic rings. The molecule has 2 rings (SSSR count). The number of carboxylic acid groups (broad SMARTS) is 1. The van der Waals surface area contributed by atoms with Gasteiger partial charge in [0.25, 0.3) is 11.8 Å². The third kappa shape index (κ3) is 2.13. The van der Waals surface area contributed by atoms with Crippen molar-refractivity contribution in [2.75, 3.05) is 7.11 Å². The Labute approximate surface area is 113 Å². The lowest BCUT2D eigenvalue weighted by molar-refractivity contribution is -0.149. The number of esters is 1. The Balaban J connectivity index is 2.37. The van der Waals surface area contributed by atoms with Gasteiger partial charge in [0.15, 0.2) is 0 Å². The molecule has 1 aromatic carbocycles. The van der Waals surface area contributed by atoms with E-state index in [1.54, 1.807) is 12.1 Å². The van der Waals surface area contributed by atoms with Crippen molar-refractivity contribution in [1.29, 1.82) is 0 Å². The number of fused-ring (bicyclic) bond motifs is 1. The van der Waals surface area contributed by atoms with Gasteiger partial charge in [0.2, 0.25) is 0 Å². The van der Waals surface area contributed by atoms with Gasteiger partial charge in [-0.05, 0) is 12.1 Å². The summed E-state index contributed by atoms with van der Waals surface area (Å²) in [5.74, 6) is -3.69. The molecule has 1 aromatic rings. The van der Waals surface area contributed by atoms with E-state index in [2.05, 4.69) is 4.74 Å². The zero-order valence-electron chi connectivity index (χ0n) is 10.5. The summed E-state index contributed by atoms with van der Waals surface area (Å²) in [4.78, 5) is 47.3. The Morgan fingerprint density at radius 3 is 2.10 bits per heavy atom. The average Bonchev–Trinajstić information content (AvgIpc) is 2.69. The van der Waals surface area contributed by atoms with Gasteiger partial charge in [-0.1, -0.05) is 12.1 Å². The highest BCUT2D eigenvalue weighted by Gasteiger charge is 2.43. The van der Waals surface area contributed by atoms with Crippen LogP contribution in [0.4, 0.5) is 0 Å². The van der Waals surface area contributed by atoms with Gasteiger partial charge in [0.05, 0.1) is 24.7 Å². The number of benzene rings is 1. The van der Waals surface area contributed by atoms with E-state index in [-0.39, 0.29) is 11.1 Å². The van der Waals surface area contributed by atoms with Crippen molar-refractivity contribution in [1.82, 2.24) is 4.90 Å². The van der Waals surface area contributed by atoms with Crippen molar-refractivity contribution in [2.24, 2.45) is 0 Å². The van der Waals surface area contributed by atoms with E-state index in [1.165, 1.54) is 12.1 Å². The molecule has 0 aromatic heterocycles. The molecule has 0 saturated carbocycles. The van der Waals surface area contributed by atoms with Gasteiger partial charge in [-0.2, -0.15) is 0 Å². The predicted octanol–water partition coefficient (Wildman–Crippen LogP) is 0.299. The van der Waals surface area contributed by atoms with E-state index < -0.39 is 36.2 Å². The molecule has 0 bridgehead atoms. The number of imide groups is 1. The van der Waals surface area contributed by atoms with Crippen LogP contribution in [0.3, 0.4) is 0 Å². The smallest absolute Gasteiger partial charge is 0.327 e. The molecule has 1 N–H and O–H groups in total. The number of hydrogen-bond acceptors (Lipinski definition) is 5. The van der Waals surface area contributed by atoms with E-state index in [0.717, 1.165) is 7.11 Å². The van der Waals surface area contributed by atoms with Crippen LogP contribution in [-0.4, -0.2) is 46.9 Å². The third-order valence-corrected chi connectivity index (χ3v) is 3.01. The van der Waals surface area contributed by atoms with Crippen LogP contribution in [0, 0.1) is 0 Å². The first-order valence-electron chi connectivity index (χ1n) is 5.74. The maximum Gasteiger partial charge on any atom is 0.327 e. The van der Waals surface area contributed by atoms with Gasteiger partial charge in [-0.3, -0.25) is 19.3 Å². The Hall–Kier alpha value is -2.70. The Morgan fingerprint density at radius 1 is 1.20 bits per heavy atom. The molecule has 1 aliphatic heterocycles. The highest BCUT2D eigenvalue weighted by atomic mass is 16.5. The molecule has 20 heavy (non-hydrogen) atoms. The molecular formula is C13H11NO6. The van der Waals surface area contributed by atoms with Gasteiger partial charge < -0.3 is 9.84 Å². The molecule has 7 heteroatoms. The van der Waals surface area contributed by atoms with Crippen molar-refractivity contribution < 1.29 is 29.0 Å². The molecule has 1 atom stereocenters. The number of amides is 2. The Kier molecular flexibility index (Phi) is 3.51. The molecule has 7 nitrogen and oxygen atoms in total. The van der Waals surface area contributed by atoms with E-state index in [4.69, 9.17) is 5.11 Å². The summed E-state index contributed by atoms with van der Waals surface area (Å²) in [6, 6.07) is 4.45. The van der Waals surface area contributed by atoms with Crippen molar-refractivity contribution >= 4 is 23.8 Å². The molecule has 1 heterocycles. The van der Waals surface area contributed by atoms with E-state index >= 15 is 0 Å². The number of rotatable bonds is 4. The highest BCUT2D eigenvalue weighted by Crippen LogP contribution is 2.25. The number of aliphatic carboxylic acids is 1. The number of hydrogen-bond donors (Lipinski definition) is 1. The summed E-state index contributed by atoms with van der Waals surface area (Å²) in [6.07, 6.45) is -0.586. The molecule has 2 amide bonds. The number of ether oxygens (including phenoxy) is 1. The summed E-state index contributed by atoms with van der Waals surface area (Å²) in [7, 11) is 1.10. The predicted molar refractivity (Wildman–Crippen MR) is 65.0 cm³/mol. The Morgan fingerprint density at radius 2 is 1.70 bits per heavy atom. The molecule has 0 saturated heterocycles. The topological polar surface area (TPSA) is 101 Å². The van der Waals surface area contributed by atoms with Crippen LogP contribution >= 0.6 is 0 Å². The summed E-state index contributed by atoms with van der Waals surface area (Å²) < 4.78 is 4.39. The van der Waals surface area contributed by atoms with E-state index in [1.807, 2.05) is 0 Å². The van der Waals surface area contributed by atoms with Crippen LogP contribution in [0.2, 0.25) is 0 Å². The largest absolute Gasteiger partial charge is 0.480 e. The lowest BCUT2D eigenvalue weighted by atomic mass is 10.1. The third-order valence-electron chi connectivity index (χ3n) is 3.01. The fraction of sp³-hybridized carbons (Fsp3) is 0.231. The first-order chi connectivity index (χ1) is 9.47.